The normalized spacial score (nSPS) is 19.1. The van der Waals surface area contributed by atoms with E-state index < -0.39 is 6.10 Å². The van der Waals surface area contributed by atoms with Crippen LogP contribution in [0.1, 0.15) is 29.3 Å². The van der Waals surface area contributed by atoms with Crippen LogP contribution in [-0.2, 0) is 17.8 Å². The van der Waals surface area contributed by atoms with Crippen LogP contribution in [0.3, 0.4) is 0 Å². The van der Waals surface area contributed by atoms with Gasteiger partial charge < -0.3 is 20.1 Å². The molecule has 126 valence electrons. The second-order valence-electron chi connectivity index (χ2n) is 6.12. The van der Waals surface area contributed by atoms with Crippen LogP contribution >= 0.6 is 0 Å². The zero-order valence-corrected chi connectivity index (χ0v) is 13.4. The molecule has 6 nitrogen and oxygen atoms in total. The lowest BCUT2D eigenvalue weighted by atomic mass is 10.1. The van der Waals surface area contributed by atoms with Gasteiger partial charge >= 0.3 is 0 Å². The first-order valence-corrected chi connectivity index (χ1v) is 7.91. The molecule has 2 atom stereocenters. The van der Waals surface area contributed by atoms with Crippen molar-refractivity contribution >= 4 is 5.91 Å². The van der Waals surface area contributed by atoms with Crippen LogP contribution in [0.15, 0.2) is 41.2 Å². The van der Waals surface area contributed by atoms with E-state index in [4.69, 9.17) is 0 Å². The summed E-state index contributed by atoms with van der Waals surface area (Å²) in [6.45, 7) is 1.93. The maximum Gasteiger partial charge on any atom is 0.254 e. The number of carbonyl (C=O) groups is 1. The lowest BCUT2D eigenvalue weighted by molar-refractivity contribution is -0.122. The molecule has 0 aliphatic heterocycles. The molecule has 1 aromatic carbocycles. The topological polar surface area (TPSA) is 91.6 Å². The molecule has 3 N–H and O–H groups in total. The van der Waals surface area contributed by atoms with Crippen molar-refractivity contribution in [3.8, 4) is 5.75 Å². The molecule has 1 aromatic heterocycles. The van der Waals surface area contributed by atoms with Gasteiger partial charge in [-0.15, -0.1) is 0 Å². The molecule has 3 rings (SSSR count). The van der Waals surface area contributed by atoms with Gasteiger partial charge in [0.1, 0.15) is 5.75 Å². The smallest absolute Gasteiger partial charge is 0.254 e. The predicted octanol–water partition coefficient (Wildman–Crippen LogP) is 1.03. The van der Waals surface area contributed by atoms with Gasteiger partial charge in [-0.2, -0.15) is 0 Å². The Bertz CT molecular complexity index is 828. The van der Waals surface area contributed by atoms with Crippen molar-refractivity contribution in [1.29, 1.82) is 0 Å². The van der Waals surface area contributed by atoms with Gasteiger partial charge in [-0.25, -0.2) is 0 Å². The number of hydrogen-bond donors (Lipinski definition) is 3. The number of benzene rings is 1. The summed E-state index contributed by atoms with van der Waals surface area (Å²) in [6, 6.07) is 9.86. The molecule has 1 amide bonds. The average molecular weight is 328 g/mol. The molecule has 0 spiro atoms. The van der Waals surface area contributed by atoms with E-state index in [1.165, 1.54) is 10.6 Å². The third kappa shape index (κ3) is 3.19. The fraction of sp³-hybridized carbons (Fsp3) is 0.333. The molecule has 0 fully saturated rings. The number of nitrogens with zero attached hydrogens (tertiary/aromatic N) is 1. The molecule has 0 saturated carbocycles. The largest absolute Gasteiger partial charge is 0.508 e. The van der Waals surface area contributed by atoms with Crippen LogP contribution in [0, 0.1) is 6.92 Å². The number of aryl methyl sites for hydroxylation is 1. The van der Waals surface area contributed by atoms with E-state index in [1.54, 1.807) is 6.92 Å². The molecular weight excluding hydrogens is 308 g/mol. The molecule has 0 unspecified atom stereocenters. The second kappa shape index (κ2) is 6.49. The number of aromatic hydroxyl groups is 1. The van der Waals surface area contributed by atoms with Gasteiger partial charge in [0.2, 0.25) is 5.91 Å². The van der Waals surface area contributed by atoms with Crippen LogP contribution in [0.2, 0.25) is 0 Å². The van der Waals surface area contributed by atoms with Crippen molar-refractivity contribution in [2.75, 3.05) is 0 Å². The Hall–Kier alpha value is -2.60. The third-order valence-electron chi connectivity index (χ3n) is 4.42. The maximum absolute atomic E-state index is 12.2. The molecule has 24 heavy (non-hydrogen) atoms. The van der Waals surface area contributed by atoms with Crippen LogP contribution < -0.4 is 10.9 Å². The summed E-state index contributed by atoms with van der Waals surface area (Å²) in [6.07, 6.45) is 0.0232. The van der Waals surface area contributed by atoms with Crippen molar-refractivity contribution in [3.63, 3.8) is 0 Å². The second-order valence-corrected chi connectivity index (χ2v) is 6.12. The zero-order chi connectivity index (χ0) is 17.3. The monoisotopic (exact) mass is 328 g/mol. The molecule has 1 aliphatic rings. The van der Waals surface area contributed by atoms with Gasteiger partial charge in [-0.1, -0.05) is 24.3 Å². The molecule has 0 radical (unpaired) electrons. The Morgan fingerprint density at radius 2 is 2.08 bits per heavy atom. The van der Waals surface area contributed by atoms with Gasteiger partial charge in [0.05, 0.1) is 12.1 Å². The van der Waals surface area contributed by atoms with Crippen molar-refractivity contribution in [2.45, 2.75) is 38.5 Å². The minimum absolute atomic E-state index is 0.0787. The van der Waals surface area contributed by atoms with Gasteiger partial charge in [0, 0.05) is 24.7 Å². The number of aliphatic hydroxyl groups excluding tert-OH is 1. The number of carbonyl (C=O) groups excluding carboxylic acids is 1. The van der Waals surface area contributed by atoms with Gasteiger partial charge in [0.25, 0.3) is 5.56 Å². The number of aromatic nitrogens is 1. The van der Waals surface area contributed by atoms with E-state index in [9.17, 15) is 19.8 Å². The highest BCUT2D eigenvalue weighted by Gasteiger charge is 2.31. The lowest BCUT2D eigenvalue weighted by Gasteiger charge is -2.17. The van der Waals surface area contributed by atoms with Gasteiger partial charge in [-0.05, 0) is 30.5 Å². The molecule has 0 bridgehead atoms. The van der Waals surface area contributed by atoms with Crippen LogP contribution in [-0.4, -0.2) is 26.7 Å². The zero-order valence-electron chi connectivity index (χ0n) is 13.4. The van der Waals surface area contributed by atoms with E-state index in [0.29, 0.717) is 12.1 Å². The number of nitrogens with one attached hydrogen (secondary N) is 1. The molecular formula is C18H20N2O4. The molecule has 2 aromatic rings. The molecule has 1 aliphatic carbocycles. The lowest BCUT2D eigenvalue weighted by Crippen LogP contribution is -2.38. The number of rotatable bonds is 4. The SMILES string of the molecule is Cc1cc(O)cc(=O)n1CCC(=O)N[C@@H]1Cc2ccccc2[C@H]1O. The van der Waals surface area contributed by atoms with Crippen molar-refractivity contribution in [3.05, 3.63) is 63.6 Å². The van der Waals surface area contributed by atoms with E-state index in [2.05, 4.69) is 5.32 Å². The number of amides is 1. The van der Waals surface area contributed by atoms with E-state index in [-0.39, 0.29) is 36.2 Å². The van der Waals surface area contributed by atoms with Crippen molar-refractivity contribution in [1.82, 2.24) is 9.88 Å². The van der Waals surface area contributed by atoms with Crippen LogP contribution in [0.5, 0.6) is 5.75 Å². The van der Waals surface area contributed by atoms with Crippen molar-refractivity contribution < 1.29 is 15.0 Å². The number of fused-ring (bicyclic) bond motifs is 1. The summed E-state index contributed by atoms with van der Waals surface area (Å²) in [5.41, 5.74) is 2.16. The minimum Gasteiger partial charge on any atom is -0.508 e. The Kier molecular flexibility index (Phi) is 4.40. The van der Waals surface area contributed by atoms with Crippen LogP contribution in [0.25, 0.3) is 0 Å². The highest BCUT2D eigenvalue weighted by Crippen LogP contribution is 2.30. The number of hydrogen-bond acceptors (Lipinski definition) is 4. The van der Waals surface area contributed by atoms with E-state index in [0.717, 1.165) is 17.2 Å². The standard InChI is InChI=1S/C18H20N2O4/c1-11-8-13(21)10-17(23)20(11)7-6-16(22)19-15-9-12-4-2-3-5-14(12)18(15)24/h2-5,8,10,15,18,21,24H,6-7,9H2,1H3,(H,19,22)/t15-,18-/m1/s1. The van der Waals surface area contributed by atoms with Gasteiger partial charge in [0.15, 0.2) is 0 Å². The summed E-state index contributed by atoms with van der Waals surface area (Å²) in [5, 5.41) is 22.5. The third-order valence-corrected chi connectivity index (χ3v) is 4.42. The predicted molar refractivity (Wildman–Crippen MR) is 88.8 cm³/mol. The van der Waals surface area contributed by atoms with Crippen LogP contribution in [0.4, 0.5) is 0 Å². The maximum atomic E-state index is 12.2. The summed E-state index contributed by atoms with van der Waals surface area (Å²) in [4.78, 5) is 24.0. The highest BCUT2D eigenvalue weighted by atomic mass is 16.3. The van der Waals surface area contributed by atoms with Crippen molar-refractivity contribution in [2.24, 2.45) is 0 Å². The average Bonchev–Trinajstić information content (AvgIpc) is 2.83. The number of aliphatic hydroxyl groups is 1. The summed E-state index contributed by atoms with van der Waals surface area (Å²) >= 11 is 0. The van der Waals surface area contributed by atoms with E-state index >= 15 is 0 Å². The minimum atomic E-state index is -0.705. The highest BCUT2D eigenvalue weighted by molar-refractivity contribution is 5.76. The molecule has 6 heteroatoms. The number of pyridine rings is 1. The van der Waals surface area contributed by atoms with Gasteiger partial charge in [-0.3, -0.25) is 9.59 Å². The quantitative estimate of drug-likeness (QED) is 0.782. The fourth-order valence-corrected chi connectivity index (χ4v) is 3.19. The first kappa shape index (κ1) is 16.3. The molecule has 0 saturated heterocycles. The Morgan fingerprint density at radius 1 is 1.33 bits per heavy atom. The Labute approximate surface area is 139 Å². The first-order chi connectivity index (χ1) is 11.5. The van der Waals surface area contributed by atoms with E-state index in [1.807, 2.05) is 24.3 Å². The molecule has 1 heterocycles. The first-order valence-electron chi connectivity index (χ1n) is 7.91. The summed E-state index contributed by atoms with van der Waals surface area (Å²) in [5.74, 6) is -0.295. The Balaban J connectivity index is 1.61. The Morgan fingerprint density at radius 3 is 2.79 bits per heavy atom. The summed E-state index contributed by atoms with van der Waals surface area (Å²) < 4.78 is 1.44. The summed E-state index contributed by atoms with van der Waals surface area (Å²) in [7, 11) is 0. The fourth-order valence-electron chi connectivity index (χ4n) is 3.19.